The number of benzene rings is 1. The van der Waals surface area contributed by atoms with E-state index in [2.05, 4.69) is 22.1 Å². The smallest absolute Gasteiger partial charge is 0.355 e. The first-order chi connectivity index (χ1) is 9.65. The lowest BCUT2D eigenvalue weighted by Crippen LogP contribution is -2.20. The molecule has 0 saturated carbocycles. The van der Waals surface area contributed by atoms with Gasteiger partial charge < -0.3 is 10.4 Å². The van der Waals surface area contributed by atoms with Gasteiger partial charge in [-0.25, -0.2) is 9.78 Å². The molecule has 1 heterocycles. The summed E-state index contributed by atoms with van der Waals surface area (Å²) in [7, 11) is 0. The van der Waals surface area contributed by atoms with Gasteiger partial charge in [0, 0.05) is 16.9 Å². The second-order valence-electron chi connectivity index (χ2n) is 3.73. The first-order valence-electron chi connectivity index (χ1n) is 5.68. The van der Waals surface area contributed by atoms with Crippen LogP contribution in [0.1, 0.15) is 21.1 Å². The van der Waals surface area contributed by atoms with Gasteiger partial charge in [0.05, 0.1) is 6.54 Å². The predicted octanol–water partition coefficient (Wildman–Crippen LogP) is 1.51. The Morgan fingerprint density at radius 3 is 2.70 bits per heavy atom. The van der Waals surface area contributed by atoms with Crippen molar-refractivity contribution >= 4 is 23.2 Å². The number of aromatic carboxylic acids is 1. The molecule has 0 aliphatic carbocycles. The lowest BCUT2D eigenvalue weighted by Gasteiger charge is -1.95. The van der Waals surface area contributed by atoms with Crippen LogP contribution in [0.5, 0.6) is 0 Å². The van der Waals surface area contributed by atoms with Gasteiger partial charge in [0.1, 0.15) is 5.01 Å². The monoisotopic (exact) mass is 286 g/mol. The third-order valence-corrected chi connectivity index (χ3v) is 3.11. The van der Waals surface area contributed by atoms with Crippen molar-refractivity contribution in [3.63, 3.8) is 0 Å². The molecular formula is C14H10N2O3S. The van der Waals surface area contributed by atoms with Crippen LogP contribution in [0.25, 0.3) is 0 Å². The van der Waals surface area contributed by atoms with Gasteiger partial charge in [-0.3, -0.25) is 4.79 Å². The molecule has 1 aromatic carbocycles. The predicted molar refractivity (Wildman–Crippen MR) is 74.2 cm³/mol. The first kappa shape index (κ1) is 13.8. The molecule has 20 heavy (non-hydrogen) atoms. The molecule has 1 aromatic heterocycles. The molecule has 0 unspecified atom stereocenters. The van der Waals surface area contributed by atoms with Crippen LogP contribution in [0.3, 0.4) is 0 Å². The molecule has 0 saturated heterocycles. The molecule has 1 amide bonds. The maximum Gasteiger partial charge on any atom is 0.355 e. The molecule has 2 rings (SSSR count). The van der Waals surface area contributed by atoms with Crippen LogP contribution < -0.4 is 5.32 Å². The van der Waals surface area contributed by atoms with Crippen LogP contribution in [-0.4, -0.2) is 22.0 Å². The third kappa shape index (κ3) is 3.93. The Kier molecular flexibility index (Phi) is 4.47. The van der Waals surface area contributed by atoms with Gasteiger partial charge in [0.15, 0.2) is 5.69 Å². The molecule has 0 bridgehead atoms. The summed E-state index contributed by atoms with van der Waals surface area (Å²) in [5.74, 6) is 3.68. The largest absolute Gasteiger partial charge is 0.476 e. The summed E-state index contributed by atoms with van der Waals surface area (Å²) in [6.07, 6.45) is 0. The second-order valence-corrected chi connectivity index (χ2v) is 4.67. The van der Waals surface area contributed by atoms with E-state index in [-0.39, 0.29) is 12.2 Å². The van der Waals surface area contributed by atoms with Crippen molar-refractivity contribution < 1.29 is 14.7 Å². The summed E-state index contributed by atoms with van der Waals surface area (Å²) in [6, 6.07) is 9.16. The number of carboxylic acid groups (broad SMARTS) is 1. The summed E-state index contributed by atoms with van der Waals surface area (Å²) in [5, 5.41) is 13.2. The van der Waals surface area contributed by atoms with Crippen LogP contribution in [-0.2, 0) is 11.3 Å². The van der Waals surface area contributed by atoms with Gasteiger partial charge in [0.2, 0.25) is 0 Å². The maximum atomic E-state index is 11.5. The van der Waals surface area contributed by atoms with E-state index in [4.69, 9.17) is 5.11 Å². The number of amides is 1. The lowest BCUT2D eigenvalue weighted by molar-refractivity contribution is -0.115. The summed E-state index contributed by atoms with van der Waals surface area (Å²) in [4.78, 5) is 26.0. The van der Waals surface area contributed by atoms with E-state index in [0.29, 0.717) is 5.01 Å². The highest BCUT2D eigenvalue weighted by Gasteiger charge is 2.08. The molecule has 2 aromatic rings. The molecule has 0 atom stereocenters. The lowest BCUT2D eigenvalue weighted by atomic mass is 10.2. The van der Waals surface area contributed by atoms with E-state index in [1.165, 1.54) is 16.7 Å². The minimum atomic E-state index is -1.08. The number of nitrogens with zero attached hydrogens (tertiary/aromatic N) is 1. The minimum absolute atomic E-state index is 0.0189. The van der Waals surface area contributed by atoms with Gasteiger partial charge in [0.25, 0.3) is 5.91 Å². The van der Waals surface area contributed by atoms with Crippen molar-refractivity contribution in [3.8, 4) is 11.8 Å². The molecule has 100 valence electrons. The maximum absolute atomic E-state index is 11.5. The highest BCUT2D eigenvalue weighted by Crippen LogP contribution is 2.09. The first-order valence-corrected chi connectivity index (χ1v) is 6.56. The number of hydrogen-bond donors (Lipinski definition) is 2. The van der Waals surface area contributed by atoms with Crippen molar-refractivity contribution in [3.05, 3.63) is 52.0 Å². The Labute approximate surface area is 119 Å². The normalized spacial score (nSPS) is 9.40. The Balaban J connectivity index is 1.89. The van der Waals surface area contributed by atoms with E-state index in [0.717, 1.165) is 5.56 Å². The highest BCUT2D eigenvalue weighted by atomic mass is 32.1. The number of aromatic nitrogens is 1. The van der Waals surface area contributed by atoms with E-state index in [1.54, 1.807) is 12.1 Å². The molecule has 0 spiro atoms. The number of carbonyl (C=O) groups is 2. The molecule has 0 radical (unpaired) electrons. The van der Waals surface area contributed by atoms with Crippen molar-refractivity contribution in [2.24, 2.45) is 0 Å². The summed E-state index contributed by atoms with van der Waals surface area (Å²) in [6.45, 7) is 0.167. The van der Waals surface area contributed by atoms with Crippen molar-refractivity contribution in [1.29, 1.82) is 0 Å². The number of thiazole rings is 1. The van der Waals surface area contributed by atoms with Crippen molar-refractivity contribution in [1.82, 2.24) is 10.3 Å². The summed E-state index contributed by atoms with van der Waals surface area (Å²) in [5.41, 5.74) is 0.736. The fourth-order valence-corrected chi connectivity index (χ4v) is 2.05. The zero-order valence-corrected chi connectivity index (χ0v) is 11.1. The van der Waals surface area contributed by atoms with E-state index in [9.17, 15) is 9.59 Å². The third-order valence-electron chi connectivity index (χ3n) is 2.27. The molecule has 5 nitrogen and oxygen atoms in total. The van der Waals surface area contributed by atoms with E-state index < -0.39 is 11.9 Å². The average molecular weight is 286 g/mol. The van der Waals surface area contributed by atoms with Crippen LogP contribution in [0.4, 0.5) is 0 Å². The Morgan fingerprint density at radius 1 is 1.30 bits per heavy atom. The van der Waals surface area contributed by atoms with Gasteiger partial charge in [-0.05, 0) is 12.1 Å². The Bertz CT molecular complexity index is 683. The van der Waals surface area contributed by atoms with Crippen molar-refractivity contribution in [2.45, 2.75) is 6.54 Å². The van der Waals surface area contributed by atoms with Gasteiger partial charge in [-0.2, -0.15) is 0 Å². The van der Waals surface area contributed by atoms with Crippen molar-refractivity contribution in [2.75, 3.05) is 0 Å². The Hall–Kier alpha value is -2.65. The number of rotatable bonds is 3. The molecule has 0 aliphatic heterocycles. The standard InChI is InChI=1S/C14H10N2O3S/c17-12(7-6-10-4-2-1-3-5-10)15-8-13-16-11(9-20-13)14(18)19/h1-5,9H,8H2,(H,15,17)(H,18,19). The summed E-state index contributed by atoms with van der Waals surface area (Å²) < 4.78 is 0. The SMILES string of the molecule is O=C(C#Cc1ccccc1)NCc1nc(C(=O)O)cs1. The van der Waals surface area contributed by atoms with Crippen LogP contribution >= 0.6 is 11.3 Å². The van der Waals surface area contributed by atoms with Gasteiger partial charge in [-0.15, -0.1) is 11.3 Å². The van der Waals surface area contributed by atoms with Gasteiger partial charge >= 0.3 is 5.97 Å². The van der Waals surface area contributed by atoms with E-state index in [1.807, 2.05) is 18.2 Å². The number of carboxylic acids is 1. The minimum Gasteiger partial charge on any atom is -0.476 e. The number of nitrogens with one attached hydrogen (secondary N) is 1. The average Bonchev–Trinajstić information content (AvgIpc) is 2.93. The van der Waals surface area contributed by atoms with Gasteiger partial charge in [-0.1, -0.05) is 24.1 Å². The number of carbonyl (C=O) groups excluding carboxylic acids is 1. The topological polar surface area (TPSA) is 79.3 Å². The summed E-state index contributed by atoms with van der Waals surface area (Å²) >= 11 is 1.18. The van der Waals surface area contributed by atoms with E-state index >= 15 is 0 Å². The van der Waals surface area contributed by atoms with Crippen LogP contribution in [0, 0.1) is 11.8 Å². The fraction of sp³-hybridized carbons (Fsp3) is 0.0714. The fourth-order valence-electron chi connectivity index (χ4n) is 1.34. The number of hydrogen-bond acceptors (Lipinski definition) is 4. The zero-order valence-electron chi connectivity index (χ0n) is 10.3. The molecule has 0 aliphatic rings. The molecular weight excluding hydrogens is 276 g/mol. The molecule has 6 heteroatoms. The zero-order chi connectivity index (χ0) is 14.4. The Morgan fingerprint density at radius 2 is 2.05 bits per heavy atom. The quantitative estimate of drug-likeness (QED) is 0.838. The highest BCUT2D eigenvalue weighted by molar-refractivity contribution is 7.09. The molecule has 0 fully saturated rings. The van der Waals surface area contributed by atoms with Crippen LogP contribution in [0.15, 0.2) is 35.7 Å². The van der Waals surface area contributed by atoms with Crippen LogP contribution in [0.2, 0.25) is 0 Å². The second kappa shape index (κ2) is 6.50. The molecule has 2 N–H and O–H groups in total.